The zero-order valence-corrected chi connectivity index (χ0v) is 9.98. The predicted octanol–water partition coefficient (Wildman–Crippen LogP) is 1.56. The van der Waals surface area contributed by atoms with Gasteiger partial charge in [0.25, 0.3) is 5.91 Å². The highest BCUT2D eigenvalue weighted by atomic mass is 16.5. The van der Waals surface area contributed by atoms with Crippen molar-refractivity contribution in [3.63, 3.8) is 0 Å². The molecule has 1 aromatic carbocycles. The monoisotopic (exact) mass is 234 g/mol. The molecule has 1 aromatic rings. The van der Waals surface area contributed by atoms with Crippen LogP contribution in [-0.4, -0.2) is 18.6 Å². The van der Waals surface area contributed by atoms with E-state index in [4.69, 9.17) is 10.5 Å². The number of ether oxygens (including phenoxy) is 1. The van der Waals surface area contributed by atoms with Crippen LogP contribution in [0, 0.1) is 5.92 Å². The maximum atomic E-state index is 11.6. The molecule has 0 spiro atoms. The number of nitrogen functional groups attached to an aromatic ring is 1. The van der Waals surface area contributed by atoms with Gasteiger partial charge in [0.2, 0.25) is 0 Å². The van der Waals surface area contributed by atoms with Crippen molar-refractivity contribution in [1.82, 2.24) is 5.32 Å². The lowest BCUT2D eigenvalue weighted by molar-refractivity contribution is -0.123. The van der Waals surface area contributed by atoms with E-state index >= 15 is 0 Å². The molecule has 0 aliphatic heterocycles. The summed E-state index contributed by atoms with van der Waals surface area (Å²) >= 11 is 0. The first-order valence-corrected chi connectivity index (χ1v) is 5.93. The van der Waals surface area contributed by atoms with Crippen LogP contribution in [0.3, 0.4) is 0 Å². The summed E-state index contributed by atoms with van der Waals surface area (Å²) in [5.41, 5.74) is 6.25. The van der Waals surface area contributed by atoms with E-state index in [1.807, 2.05) is 6.92 Å². The fourth-order valence-electron chi connectivity index (χ4n) is 1.76. The van der Waals surface area contributed by atoms with E-state index in [-0.39, 0.29) is 18.6 Å². The predicted molar refractivity (Wildman–Crippen MR) is 66.7 cm³/mol. The van der Waals surface area contributed by atoms with Gasteiger partial charge >= 0.3 is 0 Å². The van der Waals surface area contributed by atoms with Crippen LogP contribution in [0.2, 0.25) is 0 Å². The van der Waals surface area contributed by atoms with Crippen molar-refractivity contribution in [1.29, 1.82) is 0 Å². The van der Waals surface area contributed by atoms with Gasteiger partial charge in [0.15, 0.2) is 6.61 Å². The van der Waals surface area contributed by atoms with E-state index in [1.54, 1.807) is 24.3 Å². The molecule has 92 valence electrons. The quantitative estimate of drug-likeness (QED) is 0.760. The molecule has 17 heavy (non-hydrogen) atoms. The molecule has 2 rings (SSSR count). The average molecular weight is 234 g/mol. The highest BCUT2D eigenvalue weighted by molar-refractivity contribution is 5.77. The van der Waals surface area contributed by atoms with Crippen molar-refractivity contribution < 1.29 is 9.53 Å². The molecule has 0 saturated heterocycles. The van der Waals surface area contributed by atoms with Crippen LogP contribution >= 0.6 is 0 Å². The van der Waals surface area contributed by atoms with Crippen molar-refractivity contribution in [2.45, 2.75) is 25.8 Å². The average Bonchev–Trinajstić information content (AvgIpc) is 3.10. The number of hydrogen-bond acceptors (Lipinski definition) is 3. The Bertz CT molecular complexity index is 402. The molecule has 1 amide bonds. The first-order chi connectivity index (χ1) is 8.15. The zero-order chi connectivity index (χ0) is 12.3. The molecular weight excluding hydrogens is 216 g/mol. The van der Waals surface area contributed by atoms with Crippen molar-refractivity contribution in [3.8, 4) is 5.75 Å². The number of amides is 1. The number of carbonyl (C=O) groups is 1. The largest absolute Gasteiger partial charge is 0.484 e. The molecular formula is C13H18N2O2. The Balaban J connectivity index is 1.75. The highest BCUT2D eigenvalue weighted by Crippen LogP contribution is 2.32. The molecule has 0 bridgehead atoms. The Morgan fingerprint density at radius 2 is 2.35 bits per heavy atom. The Morgan fingerprint density at radius 3 is 3.00 bits per heavy atom. The lowest BCUT2D eigenvalue weighted by atomic mass is 10.2. The lowest BCUT2D eigenvalue weighted by Gasteiger charge is -2.13. The maximum Gasteiger partial charge on any atom is 0.258 e. The van der Waals surface area contributed by atoms with E-state index in [0.29, 0.717) is 17.4 Å². The van der Waals surface area contributed by atoms with Gasteiger partial charge in [0.05, 0.1) is 0 Å². The van der Waals surface area contributed by atoms with Gasteiger partial charge in [-0.15, -0.1) is 0 Å². The van der Waals surface area contributed by atoms with Gasteiger partial charge in [-0.25, -0.2) is 0 Å². The van der Waals surface area contributed by atoms with Crippen LogP contribution in [0.1, 0.15) is 19.8 Å². The third-order valence-corrected chi connectivity index (χ3v) is 2.95. The molecule has 1 saturated carbocycles. The van der Waals surface area contributed by atoms with E-state index in [2.05, 4.69) is 5.32 Å². The summed E-state index contributed by atoms with van der Waals surface area (Å²) in [6.07, 6.45) is 2.44. The molecule has 1 fully saturated rings. The Labute approximate surface area is 101 Å². The van der Waals surface area contributed by atoms with Crippen molar-refractivity contribution in [2.24, 2.45) is 5.92 Å². The van der Waals surface area contributed by atoms with Gasteiger partial charge in [-0.2, -0.15) is 0 Å². The van der Waals surface area contributed by atoms with Crippen LogP contribution in [0.4, 0.5) is 5.69 Å². The molecule has 1 unspecified atom stereocenters. The standard InChI is InChI=1S/C13H18N2O2/c1-9(10-5-6-10)15-13(16)8-17-12-4-2-3-11(14)7-12/h2-4,7,9-10H,5-6,8,14H2,1H3,(H,15,16). The minimum Gasteiger partial charge on any atom is -0.484 e. The van der Waals surface area contributed by atoms with Gasteiger partial charge in [-0.1, -0.05) is 6.07 Å². The van der Waals surface area contributed by atoms with Gasteiger partial charge < -0.3 is 15.8 Å². The van der Waals surface area contributed by atoms with Crippen LogP contribution in [0.15, 0.2) is 24.3 Å². The molecule has 1 atom stereocenters. The second-order valence-electron chi connectivity index (χ2n) is 4.55. The fraction of sp³-hybridized carbons (Fsp3) is 0.462. The molecule has 3 N–H and O–H groups in total. The van der Waals surface area contributed by atoms with E-state index in [1.165, 1.54) is 12.8 Å². The molecule has 1 aliphatic rings. The van der Waals surface area contributed by atoms with Crippen molar-refractivity contribution in [2.75, 3.05) is 12.3 Å². The van der Waals surface area contributed by atoms with Crippen LogP contribution in [0.25, 0.3) is 0 Å². The SMILES string of the molecule is CC(NC(=O)COc1cccc(N)c1)C1CC1. The summed E-state index contributed by atoms with van der Waals surface area (Å²) in [5, 5.41) is 2.93. The summed E-state index contributed by atoms with van der Waals surface area (Å²) in [6, 6.07) is 7.33. The molecule has 1 aliphatic carbocycles. The summed E-state index contributed by atoms with van der Waals surface area (Å²) < 4.78 is 5.36. The Kier molecular flexibility index (Phi) is 3.52. The smallest absolute Gasteiger partial charge is 0.258 e. The van der Waals surface area contributed by atoms with Gasteiger partial charge in [-0.3, -0.25) is 4.79 Å². The molecule has 0 heterocycles. The molecule has 0 aromatic heterocycles. The van der Waals surface area contributed by atoms with E-state index < -0.39 is 0 Å². The van der Waals surface area contributed by atoms with Crippen LogP contribution in [-0.2, 0) is 4.79 Å². The number of anilines is 1. The first kappa shape index (κ1) is 11.8. The van der Waals surface area contributed by atoms with Gasteiger partial charge in [-0.05, 0) is 37.8 Å². The molecule has 4 nitrogen and oxygen atoms in total. The Hall–Kier alpha value is -1.71. The minimum atomic E-state index is -0.0770. The van der Waals surface area contributed by atoms with Crippen LogP contribution < -0.4 is 15.8 Å². The molecule has 0 radical (unpaired) electrons. The van der Waals surface area contributed by atoms with E-state index in [9.17, 15) is 4.79 Å². The van der Waals surface area contributed by atoms with Crippen molar-refractivity contribution in [3.05, 3.63) is 24.3 Å². The number of nitrogens with one attached hydrogen (secondary N) is 1. The number of carbonyl (C=O) groups excluding carboxylic acids is 1. The maximum absolute atomic E-state index is 11.6. The summed E-state index contributed by atoms with van der Waals surface area (Å²) in [4.78, 5) is 11.6. The Morgan fingerprint density at radius 1 is 1.59 bits per heavy atom. The van der Waals surface area contributed by atoms with Gasteiger partial charge in [0, 0.05) is 17.8 Å². The third-order valence-electron chi connectivity index (χ3n) is 2.95. The zero-order valence-electron chi connectivity index (χ0n) is 9.98. The van der Waals surface area contributed by atoms with Crippen LogP contribution in [0.5, 0.6) is 5.75 Å². The number of nitrogens with two attached hydrogens (primary N) is 1. The normalized spacial score (nSPS) is 16.3. The second-order valence-corrected chi connectivity index (χ2v) is 4.55. The minimum absolute atomic E-state index is 0.0422. The van der Waals surface area contributed by atoms with Crippen molar-refractivity contribution >= 4 is 11.6 Å². The second kappa shape index (κ2) is 5.08. The number of benzene rings is 1. The topological polar surface area (TPSA) is 64.3 Å². The fourth-order valence-corrected chi connectivity index (χ4v) is 1.76. The summed E-state index contributed by atoms with van der Waals surface area (Å²) in [6.45, 7) is 2.08. The number of rotatable bonds is 5. The van der Waals surface area contributed by atoms with Gasteiger partial charge in [0.1, 0.15) is 5.75 Å². The summed E-state index contributed by atoms with van der Waals surface area (Å²) in [7, 11) is 0. The number of hydrogen-bond donors (Lipinski definition) is 2. The van der Waals surface area contributed by atoms with E-state index in [0.717, 1.165) is 0 Å². The summed E-state index contributed by atoms with van der Waals surface area (Å²) in [5.74, 6) is 1.21. The first-order valence-electron chi connectivity index (χ1n) is 5.93. The lowest BCUT2D eigenvalue weighted by Crippen LogP contribution is -2.37. The molecule has 4 heteroatoms. The highest BCUT2D eigenvalue weighted by Gasteiger charge is 2.28. The third kappa shape index (κ3) is 3.66.